The summed E-state index contributed by atoms with van der Waals surface area (Å²) < 4.78 is 14.1. The van der Waals surface area contributed by atoms with E-state index in [4.69, 9.17) is 19.6 Å². The molecule has 0 atom stereocenters. The van der Waals surface area contributed by atoms with Gasteiger partial charge in [0.05, 0.1) is 17.3 Å². The van der Waals surface area contributed by atoms with Crippen molar-refractivity contribution >= 4 is 24.8 Å². The van der Waals surface area contributed by atoms with Crippen molar-refractivity contribution in [2.45, 2.75) is 52.4 Å². The lowest BCUT2D eigenvalue weighted by Crippen LogP contribution is -2.44. The number of aromatic nitrogens is 3. The van der Waals surface area contributed by atoms with Crippen molar-refractivity contribution in [3.8, 4) is 17.0 Å². The molecule has 0 N–H and O–H groups in total. The number of benzene rings is 1. The van der Waals surface area contributed by atoms with Gasteiger partial charge in [-0.3, -0.25) is 0 Å². The molecule has 4 rings (SSSR count). The van der Waals surface area contributed by atoms with Crippen LogP contribution in [0.2, 0.25) is 25.7 Å². The van der Waals surface area contributed by atoms with E-state index in [-0.39, 0.29) is 6.10 Å². The molecule has 1 aliphatic rings. The molecule has 34 heavy (non-hydrogen) atoms. The van der Waals surface area contributed by atoms with Crippen LogP contribution in [0.4, 0.5) is 5.82 Å². The lowest BCUT2D eigenvalue weighted by Gasteiger charge is -2.33. The predicted molar refractivity (Wildman–Crippen MR) is 143 cm³/mol. The highest BCUT2D eigenvalue weighted by Crippen LogP contribution is 2.33. The number of hydrogen-bond acceptors (Lipinski definition) is 6. The molecule has 1 fully saturated rings. The molecule has 3 heterocycles. The van der Waals surface area contributed by atoms with Crippen LogP contribution in [0, 0.1) is 0 Å². The normalized spacial score (nSPS) is 15.4. The van der Waals surface area contributed by atoms with Gasteiger partial charge in [0.25, 0.3) is 0 Å². The Morgan fingerprint density at radius 1 is 1.03 bits per heavy atom. The zero-order valence-electron chi connectivity index (χ0n) is 21.5. The fourth-order valence-electron chi connectivity index (χ4n) is 4.16. The molecule has 0 saturated carbocycles. The highest BCUT2D eigenvalue weighted by Gasteiger charge is 2.19. The molecule has 0 radical (unpaired) electrons. The summed E-state index contributed by atoms with van der Waals surface area (Å²) in [7, 11) is 1.02. The Morgan fingerprint density at radius 2 is 1.79 bits per heavy atom. The number of anilines is 1. The summed E-state index contributed by atoms with van der Waals surface area (Å²) in [6, 6.07) is 11.5. The zero-order valence-corrected chi connectivity index (χ0v) is 22.5. The van der Waals surface area contributed by atoms with E-state index in [2.05, 4.69) is 54.7 Å². The largest absolute Gasteiger partial charge is 0.491 e. The number of pyridine rings is 1. The van der Waals surface area contributed by atoms with Gasteiger partial charge in [-0.25, -0.2) is 9.67 Å². The topological polar surface area (TPSA) is 55.7 Å². The molecule has 8 heteroatoms. The number of likely N-dealkylation sites (N-methyl/N-ethyl adjacent to an activating group) is 1. The SMILES string of the molecule is CC(C)Oc1ccc2nn(COCC[Si](C)(C)C)c(-c3ccnc(N4CCN(C)CC4)c3)c2c1. The summed E-state index contributed by atoms with van der Waals surface area (Å²) >= 11 is 0. The van der Waals surface area contributed by atoms with Gasteiger partial charge in [-0.2, -0.15) is 5.10 Å². The fourth-order valence-corrected chi connectivity index (χ4v) is 4.91. The van der Waals surface area contributed by atoms with Crippen LogP contribution in [0.25, 0.3) is 22.2 Å². The van der Waals surface area contributed by atoms with Crippen molar-refractivity contribution in [3.05, 3.63) is 36.5 Å². The highest BCUT2D eigenvalue weighted by atomic mass is 28.3. The smallest absolute Gasteiger partial charge is 0.140 e. The standard InChI is InChI=1S/C26H39N5O2Si/c1-20(2)33-22-7-8-24-23(18-22)26(31(28-24)19-32-15-16-34(4,5)6)21-9-10-27-25(17-21)30-13-11-29(3)12-14-30/h7-10,17-18,20H,11-16,19H2,1-6H3. The van der Waals surface area contributed by atoms with Crippen LogP contribution >= 0.6 is 0 Å². The molecule has 7 nitrogen and oxygen atoms in total. The molecule has 1 aromatic carbocycles. The summed E-state index contributed by atoms with van der Waals surface area (Å²) in [5, 5.41) is 5.97. The number of nitrogens with zero attached hydrogens (tertiary/aromatic N) is 5. The Morgan fingerprint density at radius 3 is 2.50 bits per heavy atom. The second-order valence-electron chi connectivity index (χ2n) is 10.7. The van der Waals surface area contributed by atoms with Gasteiger partial charge in [-0.1, -0.05) is 19.6 Å². The van der Waals surface area contributed by atoms with Crippen LogP contribution in [0.5, 0.6) is 5.75 Å². The molecule has 0 spiro atoms. The van der Waals surface area contributed by atoms with Gasteiger partial charge < -0.3 is 19.3 Å². The first kappa shape index (κ1) is 24.7. The number of fused-ring (bicyclic) bond motifs is 1. The maximum atomic E-state index is 6.11. The Labute approximate surface area is 204 Å². The monoisotopic (exact) mass is 481 g/mol. The van der Waals surface area contributed by atoms with Crippen LogP contribution in [-0.2, 0) is 11.5 Å². The van der Waals surface area contributed by atoms with E-state index < -0.39 is 8.07 Å². The Balaban J connectivity index is 1.68. The molecule has 184 valence electrons. The van der Waals surface area contributed by atoms with Crippen LogP contribution in [0.3, 0.4) is 0 Å². The molecular weight excluding hydrogens is 442 g/mol. The molecule has 3 aromatic rings. The molecule has 0 amide bonds. The third-order valence-electron chi connectivity index (χ3n) is 6.14. The third kappa shape index (κ3) is 6.17. The lowest BCUT2D eigenvalue weighted by atomic mass is 10.1. The van der Waals surface area contributed by atoms with Crippen molar-refractivity contribution in [1.29, 1.82) is 0 Å². The predicted octanol–water partition coefficient (Wildman–Crippen LogP) is 4.95. The summed E-state index contributed by atoms with van der Waals surface area (Å²) in [4.78, 5) is 9.42. The van der Waals surface area contributed by atoms with Crippen molar-refractivity contribution < 1.29 is 9.47 Å². The minimum absolute atomic E-state index is 0.116. The molecule has 1 saturated heterocycles. The zero-order chi connectivity index (χ0) is 24.3. The Bertz CT molecular complexity index is 1100. The van der Waals surface area contributed by atoms with E-state index >= 15 is 0 Å². The third-order valence-corrected chi connectivity index (χ3v) is 7.84. The first-order valence-corrected chi connectivity index (χ1v) is 16.1. The van der Waals surface area contributed by atoms with Crippen LogP contribution < -0.4 is 9.64 Å². The second kappa shape index (κ2) is 10.5. The van der Waals surface area contributed by atoms with Gasteiger partial charge in [-0.15, -0.1) is 0 Å². The number of ether oxygens (including phenoxy) is 2. The van der Waals surface area contributed by atoms with Crippen molar-refractivity contribution in [2.75, 3.05) is 44.7 Å². The van der Waals surface area contributed by atoms with Gasteiger partial charge in [0.15, 0.2) is 0 Å². The second-order valence-corrected chi connectivity index (χ2v) is 16.4. The minimum atomic E-state index is -1.15. The molecular formula is C26H39N5O2Si. The molecule has 1 aliphatic heterocycles. The summed E-state index contributed by atoms with van der Waals surface area (Å²) in [6.45, 7) is 16.5. The average molecular weight is 482 g/mol. The van der Waals surface area contributed by atoms with E-state index in [1.165, 1.54) is 0 Å². The van der Waals surface area contributed by atoms with Crippen molar-refractivity contribution in [2.24, 2.45) is 0 Å². The van der Waals surface area contributed by atoms with E-state index in [1.54, 1.807) is 0 Å². The van der Waals surface area contributed by atoms with Crippen LogP contribution in [-0.4, -0.2) is 73.7 Å². The summed E-state index contributed by atoms with van der Waals surface area (Å²) in [5.41, 5.74) is 3.09. The molecule has 0 aliphatic carbocycles. The van der Waals surface area contributed by atoms with E-state index in [0.29, 0.717) is 6.73 Å². The van der Waals surface area contributed by atoms with Crippen LogP contribution in [0.1, 0.15) is 13.8 Å². The van der Waals surface area contributed by atoms with Crippen molar-refractivity contribution in [3.63, 3.8) is 0 Å². The van der Waals surface area contributed by atoms with E-state index in [9.17, 15) is 0 Å². The van der Waals surface area contributed by atoms with E-state index in [1.807, 2.05) is 36.9 Å². The quantitative estimate of drug-likeness (QED) is 0.318. The van der Waals surface area contributed by atoms with Crippen LogP contribution in [0.15, 0.2) is 36.5 Å². The van der Waals surface area contributed by atoms with Gasteiger partial charge in [-0.05, 0) is 57.3 Å². The summed E-state index contributed by atoms with van der Waals surface area (Å²) in [5.74, 6) is 1.87. The summed E-state index contributed by atoms with van der Waals surface area (Å²) in [6.07, 6.45) is 2.03. The van der Waals surface area contributed by atoms with Crippen molar-refractivity contribution in [1.82, 2.24) is 19.7 Å². The maximum Gasteiger partial charge on any atom is 0.140 e. The first-order chi connectivity index (χ1) is 16.2. The first-order valence-electron chi connectivity index (χ1n) is 12.3. The maximum absolute atomic E-state index is 6.11. The highest BCUT2D eigenvalue weighted by molar-refractivity contribution is 6.76. The Hall–Kier alpha value is -2.42. The lowest BCUT2D eigenvalue weighted by molar-refractivity contribution is 0.0803. The van der Waals surface area contributed by atoms with Gasteiger partial charge in [0, 0.05) is 58.0 Å². The minimum Gasteiger partial charge on any atom is -0.491 e. The number of hydrogen-bond donors (Lipinski definition) is 0. The number of piperazine rings is 1. The van der Waals surface area contributed by atoms with Gasteiger partial charge in [0.2, 0.25) is 0 Å². The average Bonchev–Trinajstić information content (AvgIpc) is 3.14. The number of rotatable bonds is 9. The molecule has 0 unspecified atom stereocenters. The van der Waals surface area contributed by atoms with Gasteiger partial charge >= 0.3 is 0 Å². The van der Waals surface area contributed by atoms with E-state index in [0.717, 1.165) is 72.6 Å². The Kier molecular flexibility index (Phi) is 7.59. The molecule has 2 aromatic heterocycles. The molecule has 0 bridgehead atoms. The fraction of sp³-hybridized carbons (Fsp3) is 0.538. The van der Waals surface area contributed by atoms with Gasteiger partial charge in [0.1, 0.15) is 18.3 Å².